The number of benzene rings is 1. The number of halogens is 1. The first-order valence-electron chi connectivity index (χ1n) is 3.92. The monoisotopic (exact) mass is 236 g/mol. The number of ketones is 1. The fraction of sp³-hybridized carbons (Fsp3) is 0.182. The molecule has 0 radical (unpaired) electrons. The van der Waals surface area contributed by atoms with Gasteiger partial charge in [0.05, 0.1) is 6.42 Å². The Bertz CT molecular complexity index is 354. The van der Waals surface area contributed by atoms with Gasteiger partial charge in [0, 0.05) is 10.0 Å². The Kier molecular flexibility index (Phi) is 3.72. The third-order valence-corrected chi connectivity index (χ3v) is 2.12. The Morgan fingerprint density at radius 2 is 2.00 bits per heavy atom. The molecule has 0 unspecified atom stereocenters. The van der Waals surface area contributed by atoms with E-state index in [1.165, 1.54) is 0 Å². The van der Waals surface area contributed by atoms with E-state index < -0.39 is 0 Å². The van der Waals surface area contributed by atoms with Gasteiger partial charge in [0.1, 0.15) is 0 Å². The molecule has 0 aromatic heterocycles. The molecule has 0 bridgehead atoms. The fourth-order valence-corrected chi connectivity index (χ4v) is 1.17. The van der Waals surface area contributed by atoms with Gasteiger partial charge >= 0.3 is 0 Å². The van der Waals surface area contributed by atoms with Crippen LogP contribution in [0.2, 0.25) is 0 Å². The van der Waals surface area contributed by atoms with Gasteiger partial charge in [-0.25, -0.2) is 0 Å². The van der Waals surface area contributed by atoms with Gasteiger partial charge in [-0.05, 0) is 19.1 Å². The van der Waals surface area contributed by atoms with Crippen molar-refractivity contribution in [3.05, 3.63) is 34.3 Å². The first kappa shape index (κ1) is 10.0. The van der Waals surface area contributed by atoms with Gasteiger partial charge in [-0.1, -0.05) is 34.0 Å². The molecule has 0 atom stereocenters. The third kappa shape index (κ3) is 3.04. The average Bonchev–Trinajstić information content (AvgIpc) is 2.15. The second-order valence-corrected chi connectivity index (χ2v) is 3.45. The highest BCUT2D eigenvalue weighted by molar-refractivity contribution is 9.10. The number of carbonyl (C=O) groups excluding carboxylic acids is 1. The summed E-state index contributed by atoms with van der Waals surface area (Å²) < 4.78 is 0.977. The van der Waals surface area contributed by atoms with E-state index in [1.807, 2.05) is 12.1 Å². The summed E-state index contributed by atoms with van der Waals surface area (Å²) in [6, 6.07) is 7.30. The van der Waals surface area contributed by atoms with Crippen molar-refractivity contribution in [1.29, 1.82) is 0 Å². The van der Waals surface area contributed by atoms with Gasteiger partial charge in [-0.3, -0.25) is 4.79 Å². The standard InChI is InChI=1S/C11H9BrO/c1-2-3-4-11(13)9-5-7-10(12)8-6-9/h5-8H,4H2,1H3. The molecule has 1 aromatic rings. The Labute approximate surface area is 86.3 Å². The number of carbonyl (C=O) groups is 1. The molecule has 0 aliphatic rings. The van der Waals surface area contributed by atoms with Crippen LogP contribution in [0.25, 0.3) is 0 Å². The second kappa shape index (κ2) is 4.84. The summed E-state index contributed by atoms with van der Waals surface area (Å²) in [5.74, 6) is 5.52. The van der Waals surface area contributed by atoms with Crippen LogP contribution in [0.15, 0.2) is 28.7 Å². The highest BCUT2D eigenvalue weighted by Gasteiger charge is 2.02. The van der Waals surface area contributed by atoms with Crippen LogP contribution in [0.3, 0.4) is 0 Å². The Morgan fingerprint density at radius 3 is 2.54 bits per heavy atom. The van der Waals surface area contributed by atoms with E-state index in [4.69, 9.17) is 0 Å². The smallest absolute Gasteiger partial charge is 0.174 e. The van der Waals surface area contributed by atoms with Crippen LogP contribution in [0, 0.1) is 11.8 Å². The molecule has 0 heterocycles. The minimum Gasteiger partial charge on any atom is -0.293 e. The molecule has 2 heteroatoms. The maximum absolute atomic E-state index is 11.4. The summed E-state index contributed by atoms with van der Waals surface area (Å²) in [7, 11) is 0. The van der Waals surface area contributed by atoms with E-state index in [2.05, 4.69) is 27.8 Å². The van der Waals surface area contributed by atoms with Crippen LogP contribution in [-0.4, -0.2) is 5.78 Å². The normalized spacial score (nSPS) is 8.77. The van der Waals surface area contributed by atoms with Crippen molar-refractivity contribution in [1.82, 2.24) is 0 Å². The molecule has 0 saturated carbocycles. The lowest BCUT2D eigenvalue weighted by Gasteiger charge is -1.96. The minimum absolute atomic E-state index is 0.0712. The van der Waals surface area contributed by atoms with Crippen LogP contribution in [-0.2, 0) is 0 Å². The molecule has 0 aliphatic carbocycles. The van der Waals surface area contributed by atoms with Crippen LogP contribution >= 0.6 is 15.9 Å². The summed E-state index contributed by atoms with van der Waals surface area (Å²) in [5, 5.41) is 0. The van der Waals surface area contributed by atoms with Crippen molar-refractivity contribution in [3.8, 4) is 11.8 Å². The molecule has 0 fully saturated rings. The Balaban J connectivity index is 2.76. The third-order valence-electron chi connectivity index (χ3n) is 1.59. The maximum atomic E-state index is 11.4. The molecular formula is C11H9BrO. The van der Waals surface area contributed by atoms with Crippen molar-refractivity contribution in [3.63, 3.8) is 0 Å². The minimum atomic E-state index is 0.0712. The van der Waals surface area contributed by atoms with E-state index >= 15 is 0 Å². The van der Waals surface area contributed by atoms with Crippen LogP contribution in [0.4, 0.5) is 0 Å². The first-order valence-corrected chi connectivity index (χ1v) is 4.71. The fourth-order valence-electron chi connectivity index (χ4n) is 0.907. The highest BCUT2D eigenvalue weighted by atomic mass is 79.9. The quantitative estimate of drug-likeness (QED) is 0.570. The van der Waals surface area contributed by atoms with Gasteiger partial charge in [0.25, 0.3) is 0 Å². The van der Waals surface area contributed by atoms with Gasteiger partial charge < -0.3 is 0 Å². The number of hydrogen-bond acceptors (Lipinski definition) is 1. The first-order chi connectivity index (χ1) is 6.24. The van der Waals surface area contributed by atoms with E-state index in [0.717, 1.165) is 4.47 Å². The molecule has 0 amide bonds. The predicted octanol–water partition coefficient (Wildman–Crippen LogP) is 3.05. The molecule has 0 spiro atoms. The predicted molar refractivity (Wildman–Crippen MR) is 56.5 cm³/mol. The van der Waals surface area contributed by atoms with Gasteiger partial charge in [0.15, 0.2) is 5.78 Å². The molecule has 13 heavy (non-hydrogen) atoms. The van der Waals surface area contributed by atoms with Crippen molar-refractivity contribution in [2.75, 3.05) is 0 Å². The number of hydrogen-bond donors (Lipinski definition) is 0. The second-order valence-electron chi connectivity index (χ2n) is 2.53. The average molecular weight is 237 g/mol. The molecule has 66 valence electrons. The lowest BCUT2D eigenvalue weighted by atomic mass is 10.1. The van der Waals surface area contributed by atoms with E-state index in [0.29, 0.717) is 12.0 Å². The summed E-state index contributed by atoms with van der Waals surface area (Å²) in [6.07, 6.45) is 0.304. The van der Waals surface area contributed by atoms with Crippen molar-refractivity contribution < 1.29 is 4.79 Å². The molecule has 0 saturated heterocycles. The van der Waals surface area contributed by atoms with Crippen LogP contribution in [0.1, 0.15) is 23.7 Å². The van der Waals surface area contributed by atoms with Crippen LogP contribution < -0.4 is 0 Å². The Hall–Kier alpha value is -1.07. The maximum Gasteiger partial charge on any atom is 0.174 e. The lowest BCUT2D eigenvalue weighted by Crippen LogP contribution is -1.96. The SMILES string of the molecule is CC#CCC(=O)c1ccc(Br)cc1. The number of Topliss-reactive ketones (excluding diaryl/α,β-unsaturated/α-hetero) is 1. The largest absolute Gasteiger partial charge is 0.293 e. The zero-order valence-electron chi connectivity index (χ0n) is 7.30. The number of rotatable bonds is 2. The summed E-state index contributed by atoms with van der Waals surface area (Å²) in [4.78, 5) is 11.4. The summed E-state index contributed by atoms with van der Waals surface area (Å²) in [5.41, 5.74) is 0.714. The molecule has 1 aromatic carbocycles. The van der Waals surface area contributed by atoms with E-state index in [9.17, 15) is 4.79 Å². The van der Waals surface area contributed by atoms with Gasteiger partial charge in [-0.15, -0.1) is 5.92 Å². The van der Waals surface area contributed by atoms with Crippen molar-refractivity contribution >= 4 is 21.7 Å². The van der Waals surface area contributed by atoms with E-state index in [-0.39, 0.29) is 5.78 Å². The summed E-state index contributed by atoms with van der Waals surface area (Å²) >= 11 is 3.31. The van der Waals surface area contributed by atoms with Crippen LogP contribution in [0.5, 0.6) is 0 Å². The lowest BCUT2D eigenvalue weighted by molar-refractivity contribution is 0.0998. The van der Waals surface area contributed by atoms with Crippen molar-refractivity contribution in [2.24, 2.45) is 0 Å². The van der Waals surface area contributed by atoms with E-state index in [1.54, 1.807) is 19.1 Å². The summed E-state index contributed by atoms with van der Waals surface area (Å²) in [6.45, 7) is 1.73. The Morgan fingerprint density at radius 1 is 1.38 bits per heavy atom. The van der Waals surface area contributed by atoms with Gasteiger partial charge in [-0.2, -0.15) is 0 Å². The van der Waals surface area contributed by atoms with Crippen molar-refractivity contribution in [2.45, 2.75) is 13.3 Å². The highest BCUT2D eigenvalue weighted by Crippen LogP contribution is 2.11. The molecule has 0 aliphatic heterocycles. The molecule has 1 nitrogen and oxygen atoms in total. The zero-order valence-corrected chi connectivity index (χ0v) is 8.89. The zero-order chi connectivity index (χ0) is 9.68. The molecule has 0 N–H and O–H groups in total. The molecular weight excluding hydrogens is 228 g/mol. The topological polar surface area (TPSA) is 17.1 Å². The molecule has 1 rings (SSSR count). The van der Waals surface area contributed by atoms with Gasteiger partial charge in [0.2, 0.25) is 0 Å².